The number of nitrogens with one attached hydrogen (secondary N) is 1. The molecule has 3 aromatic rings. The largest absolute Gasteiger partial charge is 0.389 e. The Kier molecular flexibility index (Phi) is 4.11. The molecule has 1 spiro atoms. The van der Waals surface area contributed by atoms with Gasteiger partial charge in [0.25, 0.3) is 5.91 Å². The van der Waals surface area contributed by atoms with Gasteiger partial charge in [0.05, 0.1) is 17.2 Å². The molecule has 2 aromatic heterocycles. The summed E-state index contributed by atoms with van der Waals surface area (Å²) in [7, 11) is 1.73. The topological polar surface area (TPSA) is 116 Å². The van der Waals surface area contributed by atoms with Crippen molar-refractivity contribution in [3.8, 4) is 0 Å². The molecule has 0 saturated carbocycles. The highest BCUT2D eigenvalue weighted by Gasteiger charge is 2.52. The van der Waals surface area contributed by atoms with Gasteiger partial charge in [-0.2, -0.15) is 0 Å². The molecular weight excluding hydrogens is 410 g/mol. The summed E-state index contributed by atoms with van der Waals surface area (Å²) in [4.78, 5) is 43.4. The predicted molar refractivity (Wildman–Crippen MR) is 116 cm³/mol. The van der Waals surface area contributed by atoms with Crippen LogP contribution >= 0.6 is 0 Å². The number of benzene rings is 1. The molecular formula is C22H23N7O3. The number of anilines is 2. The van der Waals surface area contributed by atoms with Crippen LogP contribution < -0.4 is 10.2 Å². The van der Waals surface area contributed by atoms with Crippen molar-refractivity contribution in [1.82, 2.24) is 29.7 Å². The molecule has 0 aliphatic carbocycles. The number of aliphatic hydroxyl groups is 1. The fraction of sp³-hybridized carbons (Fsp3) is 0.409. The number of aliphatic hydroxyl groups excluding tert-OH is 1. The van der Waals surface area contributed by atoms with Gasteiger partial charge in [-0.25, -0.2) is 15.0 Å². The van der Waals surface area contributed by atoms with Gasteiger partial charge in [0.1, 0.15) is 6.33 Å². The first-order chi connectivity index (χ1) is 15.5. The second kappa shape index (κ2) is 6.81. The molecule has 5 heterocycles. The third kappa shape index (κ3) is 2.50. The maximum absolute atomic E-state index is 13.9. The summed E-state index contributed by atoms with van der Waals surface area (Å²) < 4.78 is 1.63. The second-order valence-corrected chi connectivity index (χ2v) is 8.72. The number of aryl methyl sites for hydroxylation is 1. The number of carbonyl (C=O) groups is 2. The molecule has 2 fully saturated rings. The number of aromatic nitrogens is 4. The molecule has 3 aliphatic rings. The van der Waals surface area contributed by atoms with E-state index in [0.29, 0.717) is 17.0 Å². The average molecular weight is 433 g/mol. The van der Waals surface area contributed by atoms with Crippen molar-refractivity contribution in [3.63, 3.8) is 0 Å². The minimum atomic E-state index is -0.583. The van der Waals surface area contributed by atoms with E-state index in [1.165, 1.54) is 6.33 Å². The molecule has 0 radical (unpaired) electrons. The van der Waals surface area contributed by atoms with Crippen molar-refractivity contribution in [2.75, 3.05) is 31.1 Å². The van der Waals surface area contributed by atoms with Crippen LogP contribution in [-0.2, 0) is 17.3 Å². The van der Waals surface area contributed by atoms with Gasteiger partial charge < -0.3 is 19.9 Å². The Morgan fingerprint density at radius 3 is 2.69 bits per heavy atom. The highest BCUT2D eigenvalue weighted by Crippen LogP contribution is 2.50. The Morgan fingerprint density at radius 1 is 1.19 bits per heavy atom. The van der Waals surface area contributed by atoms with Gasteiger partial charge in [-0.05, 0) is 37.6 Å². The Balaban J connectivity index is 1.49. The van der Waals surface area contributed by atoms with Gasteiger partial charge in [0, 0.05) is 20.1 Å². The van der Waals surface area contributed by atoms with Crippen LogP contribution in [0.4, 0.5) is 11.5 Å². The number of hydrogen-bond donors (Lipinski definition) is 2. The van der Waals surface area contributed by atoms with E-state index in [9.17, 15) is 14.7 Å². The molecule has 2 N–H and O–H groups in total. The van der Waals surface area contributed by atoms with Crippen molar-refractivity contribution in [2.45, 2.75) is 24.4 Å². The standard InChI is InChI=1S/C22H23N7O3/c1-27-17-16(26-19(27)20(31)28-10-13(30)11-28)18(25-12-24-17)29-15-5-3-2-4-14(15)22(21(29)32)6-8-23-9-7-22/h2-5,12-13,23,30H,6-11H2,1H3. The summed E-state index contributed by atoms with van der Waals surface area (Å²) in [5, 5.41) is 12.9. The van der Waals surface area contributed by atoms with Crippen LogP contribution in [0.25, 0.3) is 11.2 Å². The van der Waals surface area contributed by atoms with Crippen molar-refractivity contribution >= 4 is 34.5 Å². The zero-order valence-corrected chi connectivity index (χ0v) is 17.7. The maximum atomic E-state index is 13.9. The lowest BCUT2D eigenvalue weighted by molar-refractivity contribution is -0.123. The summed E-state index contributed by atoms with van der Waals surface area (Å²) >= 11 is 0. The van der Waals surface area contributed by atoms with E-state index in [0.717, 1.165) is 37.2 Å². The number of para-hydroxylation sites is 1. The number of carbonyl (C=O) groups excluding carboxylic acids is 2. The fourth-order valence-electron chi connectivity index (χ4n) is 5.16. The van der Waals surface area contributed by atoms with Gasteiger partial charge in [0.15, 0.2) is 17.0 Å². The summed E-state index contributed by atoms with van der Waals surface area (Å²) in [6.07, 6.45) is 2.35. The van der Waals surface area contributed by atoms with Gasteiger partial charge in [-0.1, -0.05) is 18.2 Å². The summed E-state index contributed by atoms with van der Waals surface area (Å²) in [5.74, 6) is 0.320. The average Bonchev–Trinajstić information content (AvgIpc) is 3.25. The smallest absolute Gasteiger partial charge is 0.290 e. The first kappa shape index (κ1) is 19.3. The molecule has 0 bridgehead atoms. The van der Waals surface area contributed by atoms with E-state index in [1.807, 2.05) is 24.3 Å². The maximum Gasteiger partial charge on any atom is 0.290 e. The third-order valence-corrected chi connectivity index (χ3v) is 6.92. The van der Waals surface area contributed by atoms with Crippen LogP contribution in [0.3, 0.4) is 0 Å². The highest BCUT2D eigenvalue weighted by atomic mass is 16.3. The Labute approximate surface area is 183 Å². The predicted octanol–water partition coefficient (Wildman–Crippen LogP) is 0.480. The van der Waals surface area contributed by atoms with Crippen LogP contribution in [-0.4, -0.2) is 73.6 Å². The lowest BCUT2D eigenvalue weighted by atomic mass is 9.74. The van der Waals surface area contributed by atoms with E-state index in [2.05, 4.69) is 20.3 Å². The zero-order chi connectivity index (χ0) is 22.0. The van der Waals surface area contributed by atoms with Crippen LogP contribution in [0.1, 0.15) is 29.0 Å². The minimum Gasteiger partial charge on any atom is -0.389 e. The quantitative estimate of drug-likeness (QED) is 0.604. The number of β-amino-alcohol motifs (C(OH)–C–C–N with tert-alkyl or cyclic N) is 1. The van der Waals surface area contributed by atoms with Gasteiger partial charge >= 0.3 is 0 Å². The van der Waals surface area contributed by atoms with Crippen molar-refractivity contribution in [2.24, 2.45) is 7.05 Å². The molecule has 2 amide bonds. The fourth-order valence-corrected chi connectivity index (χ4v) is 5.16. The number of rotatable bonds is 2. The molecule has 0 unspecified atom stereocenters. The number of fused-ring (bicyclic) bond motifs is 3. The van der Waals surface area contributed by atoms with Crippen LogP contribution in [0.5, 0.6) is 0 Å². The van der Waals surface area contributed by atoms with E-state index < -0.39 is 11.5 Å². The molecule has 6 rings (SSSR count). The highest BCUT2D eigenvalue weighted by molar-refractivity contribution is 6.15. The molecule has 164 valence electrons. The van der Waals surface area contributed by atoms with Crippen molar-refractivity contribution in [1.29, 1.82) is 0 Å². The van der Waals surface area contributed by atoms with Crippen molar-refractivity contribution in [3.05, 3.63) is 42.0 Å². The van der Waals surface area contributed by atoms with E-state index in [1.54, 1.807) is 21.4 Å². The monoisotopic (exact) mass is 433 g/mol. The van der Waals surface area contributed by atoms with Gasteiger partial charge in [0.2, 0.25) is 11.7 Å². The normalized spacial score (nSPS) is 20.1. The Bertz CT molecular complexity index is 1260. The molecule has 3 aliphatic heterocycles. The first-order valence-corrected chi connectivity index (χ1v) is 10.8. The van der Waals surface area contributed by atoms with E-state index in [4.69, 9.17) is 0 Å². The SMILES string of the molecule is Cn1c(C(=O)N2CC(O)C2)nc2c(N3C(=O)C4(CCNCC4)c4ccccc43)ncnc21. The van der Waals surface area contributed by atoms with Gasteiger partial charge in [-0.15, -0.1) is 0 Å². The first-order valence-electron chi connectivity index (χ1n) is 10.8. The molecule has 32 heavy (non-hydrogen) atoms. The number of hydrogen-bond acceptors (Lipinski definition) is 7. The van der Waals surface area contributed by atoms with Crippen LogP contribution in [0.2, 0.25) is 0 Å². The molecule has 0 atom stereocenters. The molecule has 10 heteroatoms. The summed E-state index contributed by atoms with van der Waals surface area (Å²) in [5.41, 5.74) is 2.13. The second-order valence-electron chi connectivity index (χ2n) is 8.72. The lowest BCUT2D eigenvalue weighted by Gasteiger charge is -2.35. The third-order valence-electron chi connectivity index (χ3n) is 6.92. The number of imidazole rings is 1. The van der Waals surface area contributed by atoms with Crippen LogP contribution in [0, 0.1) is 0 Å². The zero-order valence-electron chi connectivity index (χ0n) is 17.7. The van der Waals surface area contributed by atoms with E-state index in [-0.39, 0.29) is 30.7 Å². The molecule has 2 saturated heterocycles. The van der Waals surface area contributed by atoms with Crippen LogP contribution in [0.15, 0.2) is 30.6 Å². The minimum absolute atomic E-state index is 0.00963. The molecule has 1 aromatic carbocycles. The lowest BCUT2D eigenvalue weighted by Crippen LogP contribution is -2.53. The summed E-state index contributed by atoms with van der Waals surface area (Å²) in [6.45, 7) is 2.12. The van der Waals surface area contributed by atoms with Crippen molar-refractivity contribution < 1.29 is 14.7 Å². The number of likely N-dealkylation sites (tertiary alicyclic amines) is 1. The number of nitrogens with zero attached hydrogens (tertiary/aromatic N) is 6. The van der Waals surface area contributed by atoms with Gasteiger partial charge in [-0.3, -0.25) is 14.5 Å². The number of piperidine rings is 1. The Morgan fingerprint density at radius 2 is 1.94 bits per heavy atom. The molecule has 10 nitrogen and oxygen atoms in total. The number of amides is 2. The summed E-state index contributed by atoms with van der Waals surface area (Å²) in [6, 6.07) is 7.85. The van der Waals surface area contributed by atoms with E-state index >= 15 is 0 Å². The Hall–Kier alpha value is -3.37.